The lowest BCUT2D eigenvalue weighted by Crippen LogP contribution is -2.56. The number of alkyl carbamates (subject to hydrolysis) is 1. The summed E-state index contributed by atoms with van der Waals surface area (Å²) in [4.78, 5) is 88.4. The van der Waals surface area contributed by atoms with Crippen molar-refractivity contribution < 1.29 is 58.0 Å². The number of amides is 3. The van der Waals surface area contributed by atoms with Crippen LogP contribution in [0.2, 0.25) is 0 Å². The van der Waals surface area contributed by atoms with Crippen LogP contribution in [0.15, 0.2) is 48.5 Å². The van der Waals surface area contributed by atoms with Gasteiger partial charge in [-0.25, -0.2) is 9.59 Å². The van der Waals surface area contributed by atoms with Crippen LogP contribution in [-0.2, 0) is 43.0 Å². The zero-order valence-electron chi connectivity index (χ0n) is 30.9. The van der Waals surface area contributed by atoms with E-state index >= 15 is 0 Å². The van der Waals surface area contributed by atoms with Gasteiger partial charge in [-0.1, -0.05) is 48.5 Å². The van der Waals surface area contributed by atoms with Crippen molar-refractivity contribution in [1.82, 2.24) is 16.0 Å². The van der Waals surface area contributed by atoms with Crippen molar-refractivity contribution in [2.24, 2.45) is 0 Å². The molecule has 0 aliphatic heterocycles. The Labute approximate surface area is 308 Å². The van der Waals surface area contributed by atoms with E-state index in [1.165, 1.54) is 0 Å². The van der Waals surface area contributed by atoms with Gasteiger partial charge in [0, 0.05) is 25.2 Å². The van der Waals surface area contributed by atoms with Crippen LogP contribution in [0.4, 0.5) is 4.79 Å². The summed E-state index contributed by atoms with van der Waals surface area (Å²) in [6, 6.07) is 10.8. The van der Waals surface area contributed by atoms with Gasteiger partial charge < -0.3 is 40.4 Å². The Morgan fingerprint density at radius 1 is 0.623 bits per heavy atom. The van der Waals surface area contributed by atoms with Crippen LogP contribution in [0, 0.1) is 0 Å². The Kier molecular flexibility index (Phi) is 14.5. The Bertz CT molecular complexity index is 1630. The third kappa shape index (κ3) is 13.5. The van der Waals surface area contributed by atoms with Gasteiger partial charge in [-0.05, 0) is 83.1 Å². The number of esters is 2. The Morgan fingerprint density at radius 2 is 1.04 bits per heavy atom. The minimum Gasteiger partial charge on any atom is -0.481 e. The molecule has 0 radical (unpaired) electrons. The number of rotatable bonds is 17. The van der Waals surface area contributed by atoms with E-state index in [-0.39, 0.29) is 38.2 Å². The zero-order chi connectivity index (χ0) is 39.5. The van der Waals surface area contributed by atoms with E-state index in [1.807, 2.05) is 48.5 Å². The van der Waals surface area contributed by atoms with Crippen molar-refractivity contribution in [3.8, 4) is 11.1 Å². The number of carbonyl (C=O) groups is 7. The lowest BCUT2D eigenvalue weighted by Gasteiger charge is -2.25. The molecular weight excluding hydrogens is 690 g/mol. The van der Waals surface area contributed by atoms with E-state index in [2.05, 4.69) is 16.0 Å². The first kappa shape index (κ1) is 41.9. The van der Waals surface area contributed by atoms with Gasteiger partial charge >= 0.3 is 30.0 Å². The number of fused-ring (bicyclic) bond motifs is 3. The average molecular weight is 740 g/mol. The summed E-state index contributed by atoms with van der Waals surface area (Å²) in [5, 5.41) is 25.8. The van der Waals surface area contributed by atoms with Gasteiger partial charge in [0.1, 0.15) is 35.9 Å². The van der Waals surface area contributed by atoms with E-state index in [0.717, 1.165) is 22.3 Å². The van der Waals surface area contributed by atoms with Crippen LogP contribution in [0.3, 0.4) is 0 Å². The van der Waals surface area contributed by atoms with Crippen LogP contribution in [0.5, 0.6) is 0 Å². The SMILES string of the molecule is CC(C)(C)OC(=O)CC[C@H](NC(=O)OCC1c2ccccc2-c2ccccc21)C(=O)N[C@@H](CCC(=O)OC(C)(C)C)C(=O)N[C@@H](CCC(=O)O)C(=O)O. The molecule has 53 heavy (non-hydrogen) atoms. The fourth-order valence-corrected chi connectivity index (χ4v) is 5.70. The molecule has 0 heterocycles. The second kappa shape index (κ2) is 18.3. The molecule has 0 unspecified atom stereocenters. The molecule has 2 aromatic rings. The number of carboxylic acid groups (broad SMARTS) is 2. The van der Waals surface area contributed by atoms with Crippen molar-refractivity contribution >= 4 is 41.8 Å². The number of carbonyl (C=O) groups excluding carboxylic acids is 5. The minimum atomic E-state index is -1.62. The number of hydrogen-bond donors (Lipinski definition) is 5. The molecule has 0 spiro atoms. The standard InChI is InChI=1S/C38H49N3O12/c1-37(2,3)52-31(44)19-16-27(33(46)40-29(35(48)49)15-18-30(42)43)39-34(47)28(17-20-32(45)53-38(4,5)6)41-36(50)51-21-26-24-13-9-7-11-22(24)23-12-8-10-14-25(23)26/h7-14,26-29H,15-21H2,1-6H3,(H,39,47)(H,40,46)(H,41,50)(H,42,43)(H,48,49)/t27-,28-,29-/m0/s1. The Morgan fingerprint density at radius 3 is 1.47 bits per heavy atom. The molecule has 0 bridgehead atoms. The van der Waals surface area contributed by atoms with E-state index in [9.17, 15) is 38.7 Å². The lowest BCUT2D eigenvalue weighted by atomic mass is 9.98. The molecule has 1 aliphatic rings. The molecule has 2 aromatic carbocycles. The van der Waals surface area contributed by atoms with Gasteiger partial charge in [-0.15, -0.1) is 0 Å². The van der Waals surface area contributed by atoms with Gasteiger partial charge in [-0.3, -0.25) is 24.0 Å². The molecule has 0 saturated carbocycles. The van der Waals surface area contributed by atoms with Gasteiger partial charge in [0.2, 0.25) is 11.8 Å². The monoisotopic (exact) mass is 739 g/mol. The molecule has 3 amide bonds. The summed E-state index contributed by atoms with van der Waals surface area (Å²) < 4.78 is 16.3. The normalized spacial score (nSPS) is 14.0. The van der Waals surface area contributed by atoms with Crippen LogP contribution < -0.4 is 16.0 Å². The Balaban J connectivity index is 1.81. The summed E-state index contributed by atoms with van der Waals surface area (Å²) in [6.45, 7) is 9.84. The summed E-state index contributed by atoms with van der Waals surface area (Å²) in [7, 11) is 0. The number of hydrogen-bond acceptors (Lipinski definition) is 10. The largest absolute Gasteiger partial charge is 0.481 e. The molecule has 0 saturated heterocycles. The summed E-state index contributed by atoms with van der Waals surface area (Å²) >= 11 is 0. The maximum absolute atomic E-state index is 13.8. The van der Waals surface area contributed by atoms with Crippen LogP contribution in [0.25, 0.3) is 11.1 Å². The van der Waals surface area contributed by atoms with E-state index < -0.39 is 84.0 Å². The number of aliphatic carboxylic acids is 2. The second-order valence-corrected chi connectivity index (χ2v) is 14.7. The first-order valence-electron chi connectivity index (χ1n) is 17.3. The molecule has 1 aliphatic carbocycles. The van der Waals surface area contributed by atoms with Gasteiger partial charge in [-0.2, -0.15) is 0 Å². The first-order valence-corrected chi connectivity index (χ1v) is 17.3. The predicted octanol–water partition coefficient (Wildman–Crippen LogP) is 4.06. The number of ether oxygens (including phenoxy) is 3. The molecule has 3 rings (SSSR count). The van der Waals surface area contributed by atoms with Crippen molar-refractivity contribution in [3.63, 3.8) is 0 Å². The molecule has 0 aromatic heterocycles. The van der Waals surface area contributed by atoms with E-state index in [4.69, 9.17) is 19.3 Å². The Hall–Kier alpha value is -5.47. The van der Waals surface area contributed by atoms with Crippen LogP contribution in [0.1, 0.15) is 97.1 Å². The van der Waals surface area contributed by atoms with E-state index in [1.54, 1.807) is 41.5 Å². The molecular formula is C38H49N3O12. The van der Waals surface area contributed by atoms with Crippen LogP contribution >= 0.6 is 0 Å². The highest BCUT2D eigenvalue weighted by atomic mass is 16.6. The van der Waals surface area contributed by atoms with Crippen molar-refractivity contribution in [2.75, 3.05) is 6.61 Å². The van der Waals surface area contributed by atoms with Crippen LogP contribution in [-0.4, -0.2) is 87.9 Å². The summed E-state index contributed by atoms with van der Waals surface area (Å²) in [6.07, 6.45) is -3.31. The third-order valence-electron chi connectivity index (χ3n) is 7.96. The molecule has 15 heteroatoms. The first-order chi connectivity index (χ1) is 24.7. The smallest absolute Gasteiger partial charge is 0.407 e. The zero-order valence-corrected chi connectivity index (χ0v) is 30.9. The van der Waals surface area contributed by atoms with Gasteiger partial charge in [0.05, 0.1) is 0 Å². The van der Waals surface area contributed by atoms with Crippen molar-refractivity contribution in [1.29, 1.82) is 0 Å². The third-order valence-corrected chi connectivity index (χ3v) is 7.96. The highest BCUT2D eigenvalue weighted by molar-refractivity contribution is 5.93. The number of nitrogens with one attached hydrogen (secondary N) is 3. The number of benzene rings is 2. The van der Waals surface area contributed by atoms with Crippen molar-refractivity contribution in [2.45, 2.75) is 115 Å². The fraction of sp³-hybridized carbons (Fsp3) is 0.500. The maximum Gasteiger partial charge on any atom is 0.407 e. The van der Waals surface area contributed by atoms with E-state index in [0.29, 0.717) is 0 Å². The fourth-order valence-electron chi connectivity index (χ4n) is 5.70. The molecule has 15 nitrogen and oxygen atoms in total. The van der Waals surface area contributed by atoms with Crippen molar-refractivity contribution in [3.05, 3.63) is 59.7 Å². The summed E-state index contributed by atoms with van der Waals surface area (Å²) in [5.74, 6) is -6.41. The minimum absolute atomic E-state index is 0.0753. The highest BCUT2D eigenvalue weighted by Crippen LogP contribution is 2.44. The predicted molar refractivity (Wildman–Crippen MR) is 191 cm³/mol. The number of carboxylic acids is 2. The maximum atomic E-state index is 13.8. The average Bonchev–Trinajstić information content (AvgIpc) is 3.37. The van der Waals surface area contributed by atoms with Gasteiger partial charge in [0.15, 0.2) is 0 Å². The quantitative estimate of drug-likeness (QED) is 0.114. The molecule has 0 fully saturated rings. The molecule has 288 valence electrons. The highest BCUT2D eigenvalue weighted by Gasteiger charge is 2.33. The molecule has 3 atom stereocenters. The molecule has 5 N–H and O–H groups in total. The van der Waals surface area contributed by atoms with Gasteiger partial charge in [0.25, 0.3) is 0 Å². The second-order valence-electron chi connectivity index (χ2n) is 14.7. The summed E-state index contributed by atoms with van der Waals surface area (Å²) in [5.41, 5.74) is 2.25. The topological polar surface area (TPSA) is 224 Å². The lowest BCUT2D eigenvalue weighted by molar-refractivity contribution is -0.156.